The molecule has 0 unspecified atom stereocenters. The van der Waals surface area contributed by atoms with E-state index in [4.69, 9.17) is 4.74 Å². The number of hydrogen-bond acceptors (Lipinski definition) is 2. The molecule has 0 aliphatic carbocycles. The minimum absolute atomic E-state index is 0.308. The van der Waals surface area contributed by atoms with Crippen LogP contribution in [-0.2, 0) is 13.2 Å². The maximum atomic E-state index is 12.8. The van der Waals surface area contributed by atoms with Gasteiger partial charge in [-0.3, -0.25) is 4.68 Å². The summed E-state index contributed by atoms with van der Waals surface area (Å²) in [5, 5.41) is 3.96. The van der Waals surface area contributed by atoms with Crippen molar-refractivity contribution in [3.63, 3.8) is 0 Å². The minimum Gasteiger partial charge on any atom is -0.496 e. The molecule has 3 nitrogen and oxygen atoms in total. The van der Waals surface area contributed by atoms with Crippen LogP contribution in [0.5, 0.6) is 5.75 Å². The molecular formula is C14H15F3N2O. The molecule has 0 N–H and O–H groups in total. The van der Waals surface area contributed by atoms with Crippen LogP contribution in [0, 0.1) is 13.8 Å². The van der Waals surface area contributed by atoms with Gasteiger partial charge in [0.2, 0.25) is 0 Å². The smallest absolute Gasteiger partial charge is 0.433 e. The standard InChI is InChI=1S/C14H15F3N2O/c1-8-6-12(20-4)9(2)5-10(8)11-7-13(14(15,16)17)19(3)18-11/h5-7H,1-4H3. The van der Waals surface area contributed by atoms with Crippen LogP contribution in [0.2, 0.25) is 0 Å². The molecule has 0 saturated carbocycles. The van der Waals surface area contributed by atoms with E-state index in [2.05, 4.69) is 5.10 Å². The number of methoxy groups -OCH3 is 1. The van der Waals surface area contributed by atoms with Crippen LogP contribution in [-0.4, -0.2) is 16.9 Å². The van der Waals surface area contributed by atoms with E-state index in [0.717, 1.165) is 21.9 Å². The Labute approximate surface area is 115 Å². The molecule has 0 saturated heterocycles. The number of hydrogen-bond donors (Lipinski definition) is 0. The summed E-state index contributed by atoms with van der Waals surface area (Å²) in [5.41, 5.74) is 1.89. The molecule has 0 aliphatic heterocycles. The Morgan fingerprint density at radius 2 is 1.75 bits per heavy atom. The van der Waals surface area contributed by atoms with Crippen molar-refractivity contribution in [1.82, 2.24) is 9.78 Å². The van der Waals surface area contributed by atoms with Crippen LogP contribution in [0.25, 0.3) is 11.3 Å². The summed E-state index contributed by atoms with van der Waals surface area (Å²) in [5.74, 6) is 0.707. The van der Waals surface area contributed by atoms with Gasteiger partial charge in [-0.1, -0.05) is 0 Å². The first-order chi connectivity index (χ1) is 9.24. The van der Waals surface area contributed by atoms with Crippen LogP contribution in [0.1, 0.15) is 16.8 Å². The molecule has 0 atom stereocenters. The Bertz CT molecular complexity index is 645. The summed E-state index contributed by atoms with van der Waals surface area (Å²) in [6, 6.07) is 4.65. The first-order valence-electron chi connectivity index (χ1n) is 6.01. The van der Waals surface area contributed by atoms with E-state index in [1.165, 1.54) is 7.05 Å². The lowest BCUT2D eigenvalue weighted by atomic mass is 10.0. The third-order valence-corrected chi connectivity index (χ3v) is 3.19. The summed E-state index contributed by atoms with van der Waals surface area (Å²) in [6.45, 7) is 3.66. The van der Waals surface area contributed by atoms with Gasteiger partial charge in [0.15, 0.2) is 0 Å². The molecule has 0 amide bonds. The summed E-state index contributed by atoms with van der Waals surface area (Å²) < 4.78 is 44.4. The summed E-state index contributed by atoms with van der Waals surface area (Å²) in [6.07, 6.45) is -4.41. The highest BCUT2D eigenvalue weighted by Gasteiger charge is 2.35. The topological polar surface area (TPSA) is 27.1 Å². The minimum atomic E-state index is -4.41. The SMILES string of the molecule is COc1cc(C)c(-c2cc(C(F)(F)F)n(C)n2)cc1C. The first-order valence-corrected chi connectivity index (χ1v) is 6.01. The van der Waals surface area contributed by atoms with Crippen molar-refractivity contribution in [3.8, 4) is 17.0 Å². The molecule has 108 valence electrons. The van der Waals surface area contributed by atoms with Gasteiger partial charge in [0.25, 0.3) is 0 Å². The fourth-order valence-corrected chi connectivity index (χ4v) is 2.15. The molecule has 0 bridgehead atoms. The van der Waals surface area contributed by atoms with Gasteiger partial charge in [-0.2, -0.15) is 18.3 Å². The van der Waals surface area contributed by atoms with E-state index < -0.39 is 11.9 Å². The second-order valence-corrected chi connectivity index (χ2v) is 4.67. The van der Waals surface area contributed by atoms with Crippen molar-refractivity contribution in [2.75, 3.05) is 7.11 Å². The molecule has 2 aromatic rings. The first kappa shape index (κ1) is 14.4. The molecule has 0 aliphatic rings. The number of alkyl halides is 3. The Kier molecular flexibility index (Phi) is 3.50. The van der Waals surface area contributed by atoms with Crippen molar-refractivity contribution >= 4 is 0 Å². The predicted molar refractivity (Wildman–Crippen MR) is 69.7 cm³/mol. The molecule has 0 radical (unpaired) electrons. The maximum Gasteiger partial charge on any atom is 0.433 e. The van der Waals surface area contributed by atoms with Gasteiger partial charge >= 0.3 is 6.18 Å². The largest absolute Gasteiger partial charge is 0.496 e. The number of ether oxygens (including phenoxy) is 1. The van der Waals surface area contributed by atoms with Gasteiger partial charge in [0.1, 0.15) is 11.4 Å². The highest BCUT2D eigenvalue weighted by Crippen LogP contribution is 2.34. The van der Waals surface area contributed by atoms with Crippen molar-refractivity contribution < 1.29 is 17.9 Å². The number of nitrogens with zero attached hydrogens (tertiary/aromatic N) is 2. The Morgan fingerprint density at radius 3 is 2.25 bits per heavy atom. The zero-order chi connectivity index (χ0) is 15.1. The van der Waals surface area contributed by atoms with Crippen LogP contribution in [0.3, 0.4) is 0 Å². The zero-order valence-electron chi connectivity index (χ0n) is 11.7. The zero-order valence-corrected chi connectivity index (χ0v) is 11.7. The van der Waals surface area contributed by atoms with Gasteiger partial charge in [0.05, 0.1) is 12.8 Å². The molecule has 1 heterocycles. The predicted octanol–water partition coefficient (Wildman–Crippen LogP) is 3.73. The van der Waals surface area contributed by atoms with Crippen molar-refractivity contribution in [1.29, 1.82) is 0 Å². The molecule has 6 heteroatoms. The monoisotopic (exact) mass is 284 g/mol. The van der Waals surface area contributed by atoms with E-state index in [1.807, 2.05) is 13.8 Å². The lowest BCUT2D eigenvalue weighted by Crippen LogP contribution is -2.11. The van der Waals surface area contributed by atoms with E-state index in [1.54, 1.807) is 19.2 Å². The van der Waals surface area contributed by atoms with Gasteiger partial charge in [0, 0.05) is 12.6 Å². The fraction of sp³-hybridized carbons (Fsp3) is 0.357. The molecule has 0 spiro atoms. The van der Waals surface area contributed by atoms with Crippen LogP contribution >= 0.6 is 0 Å². The van der Waals surface area contributed by atoms with Gasteiger partial charge in [-0.25, -0.2) is 0 Å². The highest BCUT2D eigenvalue weighted by molar-refractivity contribution is 5.66. The lowest BCUT2D eigenvalue weighted by Gasteiger charge is -2.09. The highest BCUT2D eigenvalue weighted by atomic mass is 19.4. The average molecular weight is 284 g/mol. The van der Waals surface area contributed by atoms with Crippen molar-refractivity contribution in [3.05, 3.63) is 35.0 Å². The Hall–Kier alpha value is -1.98. The molecule has 20 heavy (non-hydrogen) atoms. The Balaban J connectivity index is 2.55. The van der Waals surface area contributed by atoms with E-state index in [0.29, 0.717) is 17.0 Å². The third kappa shape index (κ3) is 2.50. The molecule has 0 fully saturated rings. The Morgan fingerprint density at radius 1 is 1.10 bits per heavy atom. The van der Waals surface area contributed by atoms with Crippen LogP contribution in [0.4, 0.5) is 13.2 Å². The number of aromatic nitrogens is 2. The van der Waals surface area contributed by atoms with Crippen LogP contribution in [0.15, 0.2) is 18.2 Å². The number of benzene rings is 1. The number of aryl methyl sites for hydroxylation is 3. The molecule has 1 aromatic carbocycles. The number of rotatable bonds is 2. The van der Waals surface area contributed by atoms with Gasteiger partial charge in [-0.15, -0.1) is 0 Å². The molecule has 1 aromatic heterocycles. The normalized spacial score (nSPS) is 11.8. The van der Waals surface area contributed by atoms with Crippen LogP contribution < -0.4 is 4.74 Å². The van der Waals surface area contributed by atoms with E-state index >= 15 is 0 Å². The summed E-state index contributed by atoms with van der Waals surface area (Å²) in [7, 11) is 2.85. The second-order valence-electron chi connectivity index (χ2n) is 4.67. The average Bonchev–Trinajstić information content (AvgIpc) is 2.73. The lowest BCUT2D eigenvalue weighted by molar-refractivity contribution is -0.143. The summed E-state index contributed by atoms with van der Waals surface area (Å²) in [4.78, 5) is 0. The van der Waals surface area contributed by atoms with Gasteiger partial charge in [-0.05, 0) is 43.2 Å². The molecule has 2 rings (SSSR count). The quantitative estimate of drug-likeness (QED) is 0.840. The summed E-state index contributed by atoms with van der Waals surface area (Å²) >= 11 is 0. The fourth-order valence-electron chi connectivity index (χ4n) is 2.15. The van der Waals surface area contributed by atoms with Crippen molar-refractivity contribution in [2.45, 2.75) is 20.0 Å². The maximum absolute atomic E-state index is 12.8. The second kappa shape index (κ2) is 4.85. The van der Waals surface area contributed by atoms with Crippen molar-refractivity contribution in [2.24, 2.45) is 7.05 Å². The third-order valence-electron chi connectivity index (χ3n) is 3.19. The van der Waals surface area contributed by atoms with Gasteiger partial charge < -0.3 is 4.74 Å². The molecular weight excluding hydrogens is 269 g/mol. The van der Waals surface area contributed by atoms with E-state index in [9.17, 15) is 13.2 Å². The van der Waals surface area contributed by atoms with E-state index in [-0.39, 0.29) is 0 Å². The number of halogens is 3.